The van der Waals surface area contributed by atoms with Crippen molar-refractivity contribution in [1.82, 2.24) is 4.57 Å². The first-order valence-electron chi connectivity index (χ1n) is 5.04. The van der Waals surface area contributed by atoms with Crippen molar-refractivity contribution in [3.63, 3.8) is 0 Å². The molecule has 0 saturated carbocycles. The Kier molecular flexibility index (Phi) is 2.85. The van der Waals surface area contributed by atoms with Gasteiger partial charge in [-0.05, 0) is 26.0 Å². The molecule has 0 fully saturated rings. The van der Waals surface area contributed by atoms with Gasteiger partial charge in [0, 0.05) is 33.2 Å². The van der Waals surface area contributed by atoms with Gasteiger partial charge in [-0.2, -0.15) is 0 Å². The Labute approximate surface area is 97.7 Å². The van der Waals surface area contributed by atoms with E-state index >= 15 is 0 Å². The number of nitrogens with zero attached hydrogens (tertiary/aromatic N) is 1. The van der Waals surface area contributed by atoms with E-state index in [-0.39, 0.29) is 6.61 Å². The summed E-state index contributed by atoms with van der Waals surface area (Å²) < 4.78 is 3.23. The lowest BCUT2D eigenvalue weighted by atomic mass is 10.2. The molecular formula is C12H14BrNO. The molecule has 0 aliphatic rings. The highest BCUT2D eigenvalue weighted by molar-refractivity contribution is 9.10. The third kappa shape index (κ3) is 1.70. The fourth-order valence-corrected chi connectivity index (χ4v) is 2.51. The van der Waals surface area contributed by atoms with E-state index < -0.39 is 0 Å². The second-order valence-electron chi connectivity index (χ2n) is 3.95. The van der Waals surface area contributed by atoms with E-state index in [9.17, 15) is 5.11 Å². The number of aromatic nitrogens is 1. The van der Waals surface area contributed by atoms with Gasteiger partial charge in [-0.15, -0.1) is 0 Å². The molecule has 0 amide bonds. The number of hydrogen-bond donors (Lipinski definition) is 1. The predicted octanol–water partition coefficient (Wildman–Crippen LogP) is 3.48. The molecule has 1 aromatic heterocycles. The maximum absolute atomic E-state index is 9.32. The maximum Gasteiger partial charge on any atom is 0.0703 e. The highest BCUT2D eigenvalue weighted by atomic mass is 79.9. The van der Waals surface area contributed by atoms with Crippen LogP contribution in [-0.4, -0.2) is 9.67 Å². The van der Waals surface area contributed by atoms with Crippen LogP contribution in [-0.2, 0) is 6.61 Å². The zero-order valence-electron chi connectivity index (χ0n) is 8.87. The highest BCUT2D eigenvalue weighted by Crippen LogP contribution is 2.30. The van der Waals surface area contributed by atoms with Crippen LogP contribution in [0.4, 0.5) is 0 Å². The van der Waals surface area contributed by atoms with Gasteiger partial charge in [0.25, 0.3) is 0 Å². The lowest BCUT2D eigenvalue weighted by Crippen LogP contribution is -1.97. The number of benzene rings is 1. The minimum Gasteiger partial charge on any atom is -0.392 e. The minimum atomic E-state index is 0.0822. The van der Waals surface area contributed by atoms with Gasteiger partial charge in [0.2, 0.25) is 0 Å². The van der Waals surface area contributed by atoms with Crippen LogP contribution in [0.1, 0.15) is 25.5 Å². The molecule has 0 atom stereocenters. The summed E-state index contributed by atoms with van der Waals surface area (Å²) in [4.78, 5) is 0. The van der Waals surface area contributed by atoms with Crippen LogP contribution < -0.4 is 0 Å². The van der Waals surface area contributed by atoms with Crippen LogP contribution >= 0.6 is 15.9 Å². The van der Waals surface area contributed by atoms with Crippen molar-refractivity contribution in [3.05, 3.63) is 34.4 Å². The fraction of sp³-hybridized carbons (Fsp3) is 0.333. The smallest absolute Gasteiger partial charge is 0.0703 e. The molecule has 15 heavy (non-hydrogen) atoms. The summed E-state index contributed by atoms with van der Waals surface area (Å²) in [5.74, 6) is 0. The first-order valence-corrected chi connectivity index (χ1v) is 5.83. The van der Waals surface area contributed by atoms with Crippen LogP contribution in [0.2, 0.25) is 0 Å². The molecule has 1 aromatic carbocycles. The third-order valence-electron chi connectivity index (χ3n) is 2.61. The SMILES string of the molecule is CC(C)n1cc(CO)c2c(Br)cccc21. The number of hydrogen-bond acceptors (Lipinski definition) is 1. The summed E-state index contributed by atoms with van der Waals surface area (Å²) in [5.41, 5.74) is 2.15. The van der Waals surface area contributed by atoms with E-state index in [1.165, 1.54) is 5.52 Å². The molecule has 0 radical (unpaired) electrons. The maximum atomic E-state index is 9.32. The minimum absolute atomic E-state index is 0.0822. The zero-order valence-corrected chi connectivity index (χ0v) is 10.5. The second kappa shape index (κ2) is 3.99. The van der Waals surface area contributed by atoms with Crippen molar-refractivity contribution < 1.29 is 5.11 Å². The van der Waals surface area contributed by atoms with Crippen molar-refractivity contribution >= 4 is 26.8 Å². The summed E-state index contributed by atoms with van der Waals surface area (Å²) in [6, 6.07) is 6.51. The van der Waals surface area contributed by atoms with Gasteiger partial charge in [-0.25, -0.2) is 0 Å². The molecule has 0 unspecified atom stereocenters. The fourth-order valence-electron chi connectivity index (χ4n) is 1.89. The van der Waals surface area contributed by atoms with Gasteiger partial charge in [-0.1, -0.05) is 22.0 Å². The summed E-state index contributed by atoms with van der Waals surface area (Å²) in [6.45, 7) is 4.36. The topological polar surface area (TPSA) is 25.2 Å². The zero-order chi connectivity index (χ0) is 11.0. The van der Waals surface area contributed by atoms with E-state index in [1.54, 1.807) is 0 Å². The third-order valence-corrected chi connectivity index (χ3v) is 3.27. The van der Waals surface area contributed by atoms with Crippen LogP contribution in [0.15, 0.2) is 28.9 Å². The van der Waals surface area contributed by atoms with E-state index in [4.69, 9.17) is 0 Å². The van der Waals surface area contributed by atoms with Crippen molar-refractivity contribution in [2.45, 2.75) is 26.5 Å². The average molecular weight is 268 g/mol. The van der Waals surface area contributed by atoms with E-state index in [2.05, 4.69) is 40.4 Å². The van der Waals surface area contributed by atoms with Crippen molar-refractivity contribution in [2.24, 2.45) is 0 Å². The summed E-state index contributed by atoms with van der Waals surface area (Å²) >= 11 is 3.53. The molecule has 3 heteroatoms. The van der Waals surface area contributed by atoms with Crippen molar-refractivity contribution in [3.8, 4) is 0 Å². The molecule has 2 rings (SSSR count). The second-order valence-corrected chi connectivity index (χ2v) is 4.80. The van der Waals surface area contributed by atoms with Gasteiger partial charge in [0.15, 0.2) is 0 Å². The Morgan fingerprint density at radius 1 is 1.40 bits per heavy atom. The number of halogens is 1. The summed E-state index contributed by atoms with van der Waals surface area (Å²) in [6.07, 6.45) is 2.03. The normalized spacial score (nSPS) is 11.5. The van der Waals surface area contributed by atoms with Crippen LogP contribution in [0.25, 0.3) is 10.9 Å². The van der Waals surface area contributed by atoms with Gasteiger partial charge >= 0.3 is 0 Å². The predicted molar refractivity (Wildman–Crippen MR) is 65.9 cm³/mol. The first-order chi connectivity index (χ1) is 7.15. The molecule has 0 saturated heterocycles. The molecule has 0 spiro atoms. The largest absolute Gasteiger partial charge is 0.392 e. The molecule has 0 bridgehead atoms. The lowest BCUT2D eigenvalue weighted by molar-refractivity contribution is 0.283. The monoisotopic (exact) mass is 267 g/mol. The molecule has 0 aliphatic heterocycles. The Morgan fingerprint density at radius 2 is 2.13 bits per heavy atom. The van der Waals surface area contributed by atoms with Crippen molar-refractivity contribution in [2.75, 3.05) is 0 Å². The molecule has 1 N–H and O–H groups in total. The van der Waals surface area contributed by atoms with Crippen LogP contribution in [0.3, 0.4) is 0 Å². The molecule has 2 nitrogen and oxygen atoms in total. The first kappa shape index (κ1) is 10.7. The van der Waals surface area contributed by atoms with Crippen LogP contribution in [0, 0.1) is 0 Å². The number of aliphatic hydroxyl groups is 1. The Hall–Kier alpha value is -0.800. The average Bonchev–Trinajstić information content (AvgIpc) is 2.58. The number of rotatable bonds is 2. The molecule has 0 aliphatic carbocycles. The highest BCUT2D eigenvalue weighted by Gasteiger charge is 2.11. The molecule has 1 heterocycles. The molecule has 80 valence electrons. The molecule has 2 aromatic rings. The van der Waals surface area contributed by atoms with Crippen LogP contribution in [0.5, 0.6) is 0 Å². The Bertz CT molecular complexity index is 488. The van der Waals surface area contributed by atoms with Gasteiger partial charge in [0.1, 0.15) is 0 Å². The summed E-state index contributed by atoms with van der Waals surface area (Å²) in [5, 5.41) is 10.4. The van der Waals surface area contributed by atoms with Crippen molar-refractivity contribution in [1.29, 1.82) is 0 Å². The summed E-state index contributed by atoms with van der Waals surface area (Å²) in [7, 11) is 0. The van der Waals surface area contributed by atoms with E-state index in [0.717, 1.165) is 15.4 Å². The lowest BCUT2D eigenvalue weighted by Gasteiger charge is -2.08. The number of aliphatic hydroxyl groups excluding tert-OH is 1. The molecular weight excluding hydrogens is 254 g/mol. The standard InChI is InChI=1S/C12H14BrNO/c1-8(2)14-6-9(7-15)12-10(13)4-3-5-11(12)14/h3-6,8,15H,7H2,1-2H3. The van der Waals surface area contributed by atoms with E-state index in [1.807, 2.05) is 18.3 Å². The quantitative estimate of drug-likeness (QED) is 0.886. The van der Waals surface area contributed by atoms with Gasteiger partial charge in [0.05, 0.1) is 6.61 Å². The van der Waals surface area contributed by atoms with Gasteiger partial charge in [-0.3, -0.25) is 0 Å². The van der Waals surface area contributed by atoms with E-state index in [0.29, 0.717) is 6.04 Å². The van der Waals surface area contributed by atoms with Gasteiger partial charge < -0.3 is 9.67 Å². The number of fused-ring (bicyclic) bond motifs is 1. The Morgan fingerprint density at radius 3 is 2.73 bits per heavy atom. The Balaban J connectivity index is 2.81.